The van der Waals surface area contributed by atoms with Gasteiger partial charge >= 0.3 is 0 Å². The van der Waals surface area contributed by atoms with Gasteiger partial charge in [-0.15, -0.1) is 5.10 Å². The van der Waals surface area contributed by atoms with Crippen molar-refractivity contribution in [2.45, 2.75) is 25.9 Å². The number of hydrogen-bond acceptors (Lipinski definition) is 5. The fourth-order valence-electron chi connectivity index (χ4n) is 1.98. The van der Waals surface area contributed by atoms with Crippen LogP contribution in [-0.4, -0.2) is 46.7 Å². The standard InChI is InChI=1S/C11H19N5O2/c1-8-7-18-5-2-9(8)13-11(17)10-6-16(4-3-12)15-14-10/h6,8-9H,2-5,7,12H2,1H3,(H,13,17). The van der Waals surface area contributed by atoms with Gasteiger partial charge in [-0.2, -0.15) is 0 Å². The number of carbonyl (C=O) groups excluding carboxylic acids is 1. The van der Waals surface area contributed by atoms with Crippen LogP contribution in [0.15, 0.2) is 6.20 Å². The Morgan fingerprint density at radius 3 is 3.28 bits per heavy atom. The van der Waals surface area contributed by atoms with E-state index in [9.17, 15) is 4.79 Å². The van der Waals surface area contributed by atoms with Crippen LogP contribution in [0.25, 0.3) is 0 Å². The molecule has 2 unspecified atom stereocenters. The monoisotopic (exact) mass is 253 g/mol. The average molecular weight is 253 g/mol. The zero-order valence-electron chi connectivity index (χ0n) is 10.5. The van der Waals surface area contributed by atoms with E-state index in [0.717, 1.165) is 6.42 Å². The third kappa shape index (κ3) is 3.05. The third-order valence-corrected chi connectivity index (χ3v) is 3.09. The van der Waals surface area contributed by atoms with Gasteiger partial charge in [0.1, 0.15) is 0 Å². The fourth-order valence-corrected chi connectivity index (χ4v) is 1.98. The lowest BCUT2D eigenvalue weighted by Gasteiger charge is -2.29. The first kappa shape index (κ1) is 13.0. The minimum absolute atomic E-state index is 0.144. The molecule has 2 atom stereocenters. The highest BCUT2D eigenvalue weighted by Gasteiger charge is 2.24. The van der Waals surface area contributed by atoms with Crippen molar-refractivity contribution in [2.24, 2.45) is 11.7 Å². The minimum Gasteiger partial charge on any atom is -0.381 e. The Bertz CT molecular complexity index is 406. The Labute approximate surface area is 106 Å². The molecule has 0 aromatic carbocycles. The molecule has 1 fully saturated rings. The van der Waals surface area contributed by atoms with Gasteiger partial charge in [0.05, 0.1) is 19.3 Å². The van der Waals surface area contributed by atoms with E-state index in [1.54, 1.807) is 10.9 Å². The number of nitrogens with one attached hydrogen (secondary N) is 1. The van der Waals surface area contributed by atoms with Crippen molar-refractivity contribution < 1.29 is 9.53 Å². The van der Waals surface area contributed by atoms with Crippen LogP contribution in [-0.2, 0) is 11.3 Å². The first-order chi connectivity index (χ1) is 8.70. The van der Waals surface area contributed by atoms with Crippen molar-refractivity contribution >= 4 is 5.91 Å². The third-order valence-electron chi connectivity index (χ3n) is 3.09. The maximum atomic E-state index is 12.0. The Morgan fingerprint density at radius 1 is 1.72 bits per heavy atom. The van der Waals surface area contributed by atoms with Gasteiger partial charge < -0.3 is 15.8 Å². The molecule has 1 aromatic rings. The zero-order valence-corrected chi connectivity index (χ0v) is 10.5. The van der Waals surface area contributed by atoms with Crippen LogP contribution in [0, 0.1) is 5.92 Å². The highest BCUT2D eigenvalue weighted by atomic mass is 16.5. The summed E-state index contributed by atoms with van der Waals surface area (Å²) in [4.78, 5) is 12.0. The van der Waals surface area contributed by atoms with E-state index in [1.165, 1.54) is 0 Å². The van der Waals surface area contributed by atoms with E-state index >= 15 is 0 Å². The molecule has 100 valence electrons. The predicted molar refractivity (Wildman–Crippen MR) is 64.9 cm³/mol. The Hall–Kier alpha value is -1.47. The summed E-state index contributed by atoms with van der Waals surface area (Å²) in [5.41, 5.74) is 5.75. The SMILES string of the molecule is CC1COCCC1NC(=O)c1cn(CCN)nn1. The number of amides is 1. The van der Waals surface area contributed by atoms with Crippen LogP contribution in [0.3, 0.4) is 0 Å². The number of hydrogen-bond donors (Lipinski definition) is 2. The smallest absolute Gasteiger partial charge is 0.273 e. The summed E-state index contributed by atoms with van der Waals surface area (Å²) in [7, 11) is 0. The van der Waals surface area contributed by atoms with Crippen molar-refractivity contribution in [3.05, 3.63) is 11.9 Å². The summed E-state index contributed by atoms with van der Waals surface area (Å²) in [6, 6.07) is 0.144. The van der Waals surface area contributed by atoms with Gasteiger partial charge in [0.15, 0.2) is 5.69 Å². The lowest BCUT2D eigenvalue weighted by Crippen LogP contribution is -2.44. The van der Waals surface area contributed by atoms with Crippen molar-refractivity contribution in [2.75, 3.05) is 19.8 Å². The van der Waals surface area contributed by atoms with Gasteiger partial charge in [-0.1, -0.05) is 12.1 Å². The van der Waals surface area contributed by atoms with Crippen LogP contribution in [0.4, 0.5) is 0 Å². The van der Waals surface area contributed by atoms with Gasteiger partial charge in [-0.05, 0) is 12.3 Å². The molecule has 1 aromatic heterocycles. The van der Waals surface area contributed by atoms with Crippen molar-refractivity contribution in [1.29, 1.82) is 0 Å². The number of ether oxygens (including phenoxy) is 1. The molecule has 2 heterocycles. The van der Waals surface area contributed by atoms with Gasteiger partial charge in [0, 0.05) is 19.2 Å². The minimum atomic E-state index is -0.183. The predicted octanol–water partition coefficient (Wildman–Crippen LogP) is -0.608. The van der Waals surface area contributed by atoms with Gasteiger partial charge in [0.25, 0.3) is 5.91 Å². The molecule has 1 aliphatic rings. The maximum absolute atomic E-state index is 12.0. The number of nitrogens with zero attached hydrogens (tertiary/aromatic N) is 3. The highest BCUT2D eigenvalue weighted by molar-refractivity contribution is 5.92. The first-order valence-corrected chi connectivity index (χ1v) is 6.19. The van der Waals surface area contributed by atoms with Gasteiger partial charge in [-0.25, -0.2) is 0 Å². The molecule has 0 aliphatic carbocycles. The van der Waals surface area contributed by atoms with Gasteiger partial charge in [0.2, 0.25) is 0 Å². The topological polar surface area (TPSA) is 95.1 Å². The summed E-state index contributed by atoms with van der Waals surface area (Å²) in [6.45, 7) is 4.48. The molecule has 1 aliphatic heterocycles. The summed E-state index contributed by atoms with van der Waals surface area (Å²) in [5, 5.41) is 10.7. The molecule has 7 heteroatoms. The number of carbonyl (C=O) groups is 1. The second kappa shape index (κ2) is 5.92. The van der Waals surface area contributed by atoms with E-state index in [2.05, 4.69) is 22.6 Å². The Morgan fingerprint density at radius 2 is 2.56 bits per heavy atom. The number of rotatable bonds is 4. The Kier molecular flexibility index (Phi) is 4.27. The highest BCUT2D eigenvalue weighted by Crippen LogP contribution is 2.14. The summed E-state index contributed by atoms with van der Waals surface area (Å²) in [5.74, 6) is 0.138. The van der Waals surface area contributed by atoms with Crippen LogP contribution in [0.2, 0.25) is 0 Å². The quantitative estimate of drug-likeness (QED) is 0.746. The molecule has 0 spiro atoms. The summed E-state index contributed by atoms with van der Waals surface area (Å²) < 4.78 is 6.91. The lowest BCUT2D eigenvalue weighted by molar-refractivity contribution is 0.0374. The van der Waals surface area contributed by atoms with Crippen LogP contribution >= 0.6 is 0 Å². The van der Waals surface area contributed by atoms with Crippen LogP contribution < -0.4 is 11.1 Å². The molecule has 1 amide bonds. The maximum Gasteiger partial charge on any atom is 0.273 e. The first-order valence-electron chi connectivity index (χ1n) is 6.19. The molecule has 2 rings (SSSR count). The molecular weight excluding hydrogens is 234 g/mol. The molecule has 0 bridgehead atoms. The van der Waals surface area contributed by atoms with Gasteiger partial charge in [-0.3, -0.25) is 9.48 Å². The van der Waals surface area contributed by atoms with E-state index in [1.807, 2.05) is 0 Å². The lowest BCUT2D eigenvalue weighted by atomic mass is 9.98. The molecule has 3 N–H and O–H groups in total. The summed E-state index contributed by atoms with van der Waals surface area (Å²) in [6.07, 6.45) is 2.45. The van der Waals surface area contributed by atoms with Crippen molar-refractivity contribution in [3.8, 4) is 0 Å². The van der Waals surface area contributed by atoms with Crippen LogP contribution in [0.5, 0.6) is 0 Å². The van der Waals surface area contributed by atoms with E-state index in [4.69, 9.17) is 10.5 Å². The van der Waals surface area contributed by atoms with E-state index < -0.39 is 0 Å². The molecule has 0 radical (unpaired) electrons. The number of aromatic nitrogens is 3. The average Bonchev–Trinajstić information content (AvgIpc) is 2.81. The fraction of sp³-hybridized carbons (Fsp3) is 0.727. The molecular formula is C11H19N5O2. The molecule has 7 nitrogen and oxygen atoms in total. The second-order valence-corrected chi connectivity index (χ2v) is 4.58. The largest absolute Gasteiger partial charge is 0.381 e. The summed E-state index contributed by atoms with van der Waals surface area (Å²) >= 11 is 0. The second-order valence-electron chi connectivity index (χ2n) is 4.58. The van der Waals surface area contributed by atoms with Crippen molar-refractivity contribution in [1.82, 2.24) is 20.3 Å². The molecule has 1 saturated heterocycles. The number of nitrogens with two attached hydrogens (primary N) is 1. The molecule has 18 heavy (non-hydrogen) atoms. The van der Waals surface area contributed by atoms with Crippen molar-refractivity contribution in [3.63, 3.8) is 0 Å². The normalized spacial score (nSPS) is 23.9. The zero-order chi connectivity index (χ0) is 13.0. The Balaban J connectivity index is 1.93. The molecule has 0 saturated carbocycles. The van der Waals surface area contributed by atoms with Crippen LogP contribution in [0.1, 0.15) is 23.8 Å². The van der Waals surface area contributed by atoms with E-state index in [0.29, 0.717) is 37.9 Å². The van der Waals surface area contributed by atoms with E-state index in [-0.39, 0.29) is 11.9 Å².